The number of esters is 1. The lowest BCUT2D eigenvalue weighted by Gasteiger charge is -2.38. The molecule has 2 fully saturated rings. The monoisotopic (exact) mass is 504 g/mol. The molecule has 1 N–H and O–H groups in total. The van der Waals surface area contributed by atoms with Crippen molar-refractivity contribution in [3.8, 4) is 0 Å². The minimum atomic E-state index is -0.930. The average molecular weight is 505 g/mol. The minimum Gasteiger partial charge on any atom is -0.481 e. The number of fused-ring (bicyclic) bond motifs is 1. The molecule has 0 heterocycles. The summed E-state index contributed by atoms with van der Waals surface area (Å²) < 4.78 is 5.72. The van der Waals surface area contributed by atoms with Gasteiger partial charge in [-0.25, -0.2) is 0 Å². The highest BCUT2D eigenvalue weighted by Gasteiger charge is 2.34. The second-order valence-electron chi connectivity index (χ2n) is 11.7. The van der Waals surface area contributed by atoms with Crippen molar-refractivity contribution in [2.75, 3.05) is 0 Å². The summed E-state index contributed by atoms with van der Waals surface area (Å²) in [6.45, 7) is 2.27. The van der Waals surface area contributed by atoms with Crippen LogP contribution >= 0.6 is 0 Å². The Kier molecular flexibility index (Phi) is 16.9. The lowest BCUT2D eigenvalue weighted by Crippen LogP contribution is -2.33. The summed E-state index contributed by atoms with van der Waals surface area (Å²) in [7, 11) is 0. The van der Waals surface area contributed by atoms with Crippen LogP contribution in [0.25, 0.3) is 0 Å². The fraction of sp³-hybridized carbons (Fsp3) is 0.875. The van der Waals surface area contributed by atoms with Gasteiger partial charge in [0.05, 0.1) is 12.3 Å². The van der Waals surface area contributed by atoms with Crippen molar-refractivity contribution >= 4 is 11.9 Å². The Hall–Kier alpha value is -1.32. The van der Waals surface area contributed by atoms with Crippen molar-refractivity contribution in [3.63, 3.8) is 0 Å². The van der Waals surface area contributed by atoms with Crippen LogP contribution in [0.3, 0.4) is 0 Å². The standard InChI is InChI=1S/C32H56O4/c1-2-3-4-5-6-7-8-9-10-11-12-13-14-15-16-17-22-29(32(34)35)26-31(33)36-30-24-23-27-20-18-19-21-28(27)25-30/h17,22,27-30H,2-16,18-21,23-26H2,1H3,(H,34,35). The number of ether oxygens (including phenoxy) is 1. The van der Waals surface area contributed by atoms with Crippen LogP contribution < -0.4 is 0 Å². The van der Waals surface area contributed by atoms with Gasteiger partial charge in [0.2, 0.25) is 0 Å². The smallest absolute Gasteiger partial charge is 0.310 e. The zero-order chi connectivity index (χ0) is 25.8. The molecule has 2 aliphatic carbocycles. The van der Waals surface area contributed by atoms with Crippen LogP contribution in [0.5, 0.6) is 0 Å². The van der Waals surface area contributed by atoms with E-state index in [4.69, 9.17) is 4.74 Å². The predicted octanol–water partition coefficient (Wildman–Crippen LogP) is 9.41. The van der Waals surface area contributed by atoms with Gasteiger partial charge in [-0.3, -0.25) is 9.59 Å². The number of aliphatic carboxylic acids is 1. The molecule has 0 spiro atoms. The maximum Gasteiger partial charge on any atom is 0.310 e. The summed E-state index contributed by atoms with van der Waals surface area (Å²) in [4.78, 5) is 24.1. The van der Waals surface area contributed by atoms with Crippen LogP contribution in [-0.4, -0.2) is 23.1 Å². The van der Waals surface area contributed by atoms with E-state index in [1.54, 1.807) is 6.08 Å². The first-order valence-corrected chi connectivity index (χ1v) is 15.7. The van der Waals surface area contributed by atoms with Gasteiger partial charge in [0.15, 0.2) is 0 Å². The number of rotatable bonds is 20. The number of carbonyl (C=O) groups is 2. The summed E-state index contributed by atoms with van der Waals surface area (Å²) in [6, 6.07) is 0. The number of hydrogen-bond acceptors (Lipinski definition) is 3. The van der Waals surface area contributed by atoms with E-state index >= 15 is 0 Å². The summed E-state index contributed by atoms with van der Waals surface area (Å²) in [6.07, 6.45) is 31.6. The van der Waals surface area contributed by atoms with Crippen molar-refractivity contribution < 1.29 is 19.4 Å². The fourth-order valence-electron chi connectivity index (χ4n) is 6.31. The molecule has 4 nitrogen and oxygen atoms in total. The van der Waals surface area contributed by atoms with Crippen LogP contribution in [0, 0.1) is 17.8 Å². The molecule has 36 heavy (non-hydrogen) atoms. The van der Waals surface area contributed by atoms with Gasteiger partial charge in [0.1, 0.15) is 6.10 Å². The van der Waals surface area contributed by atoms with E-state index in [0.29, 0.717) is 5.92 Å². The maximum absolute atomic E-state index is 12.4. The number of unbranched alkanes of at least 4 members (excludes halogenated alkanes) is 14. The van der Waals surface area contributed by atoms with E-state index in [2.05, 4.69) is 6.92 Å². The quantitative estimate of drug-likeness (QED) is 0.102. The van der Waals surface area contributed by atoms with Gasteiger partial charge in [-0.1, -0.05) is 128 Å². The first-order valence-electron chi connectivity index (χ1n) is 15.7. The van der Waals surface area contributed by atoms with Crippen molar-refractivity contribution in [3.05, 3.63) is 12.2 Å². The molecular formula is C32H56O4. The Morgan fingerprint density at radius 1 is 0.778 bits per heavy atom. The molecule has 4 heteroatoms. The molecule has 4 unspecified atom stereocenters. The van der Waals surface area contributed by atoms with Gasteiger partial charge in [0.25, 0.3) is 0 Å². The number of carboxylic acids is 1. The second kappa shape index (κ2) is 19.7. The molecule has 2 aliphatic rings. The van der Waals surface area contributed by atoms with Crippen LogP contribution in [0.1, 0.15) is 155 Å². The Morgan fingerprint density at radius 3 is 1.92 bits per heavy atom. The summed E-state index contributed by atoms with van der Waals surface area (Å²) in [5.74, 6) is -0.526. The normalized spacial score (nSPS) is 22.9. The minimum absolute atomic E-state index is 0.00850. The molecule has 2 rings (SSSR count). The van der Waals surface area contributed by atoms with Crippen LogP contribution in [0.15, 0.2) is 12.2 Å². The SMILES string of the molecule is CCCCCCCCCCCCCCCCC=CC(CC(=O)OC1CCC2CCCCC2C1)C(=O)O. The van der Waals surface area contributed by atoms with E-state index in [1.807, 2.05) is 6.08 Å². The second-order valence-corrected chi connectivity index (χ2v) is 11.7. The van der Waals surface area contributed by atoms with E-state index < -0.39 is 11.9 Å². The van der Waals surface area contributed by atoms with Crippen molar-refractivity contribution in [1.29, 1.82) is 0 Å². The highest BCUT2D eigenvalue weighted by molar-refractivity contribution is 5.80. The number of carbonyl (C=O) groups excluding carboxylic acids is 1. The van der Waals surface area contributed by atoms with E-state index in [9.17, 15) is 14.7 Å². The average Bonchev–Trinajstić information content (AvgIpc) is 2.87. The zero-order valence-electron chi connectivity index (χ0n) is 23.4. The molecule has 0 radical (unpaired) electrons. The third-order valence-electron chi connectivity index (χ3n) is 8.59. The van der Waals surface area contributed by atoms with Gasteiger partial charge < -0.3 is 9.84 Å². The number of carboxylic acid groups (broad SMARTS) is 1. The van der Waals surface area contributed by atoms with Crippen molar-refractivity contribution in [2.24, 2.45) is 17.8 Å². The lowest BCUT2D eigenvalue weighted by molar-refractivity contribution is -0.156. The molecule has 0 aliphatic heterocycles. The van der Waals surface area contributed by atoms with Crippen LogP contribution in [0.2, 0.25) is 0 Å². The predicted molar refractivity (Wildman–Crippen MR) is 149 cm³/mol. The number of hydrogen-bond donors (Lipinski definition) is 1. The molecule has 0 aromatic carbocycles. The van der Waals surface area contributed by atoms with Gasteiger partial charge in [-0.2, -0.15) is 0 Å². The Labute approximate surface area is 222 Å². The molecular weight excluding hydrogens is 448 g/mol. The molecule has 0 aromatic heterocycles. The lowest BCUT2D eigenvalue weighted by atomic mass is 9.70. The fourth-order valence-corrected chi connectivity index (χ4v) is 6.31. The third kappa shape index (κ3) is 13.8. The van der Waals surface area contributed by atoms with E-state index in [0.717, 1.165) is 38.0 Å². The Balaban J connectivity index is 1.46. The molecule has 0 saturated heterocycles. The van der Waals surface area contributed by atoms with E-state index in [-0.39, 0.29) is 18.5 Å². The summed E-state index contributed by atoms with van der Waals surface area (Å²) in [5.41, 5.74) is 0. The van der Waals surface area contributed by atoms with Crippen molar-refractivity contribution in [1.82, 2.24) is 0 Å². The van der Waals surface area contributed by atoms with Crippen molar-refractivity contribution in [2.45, 2.75) is 161 Å². The highest BCUT2D eigenvalue weighted by Crippen LogP contribution is 2.41. The van der Waals surface area contributed by atoms with Gasteiger partial charge in [-0.15, -0.1) is 0 Å². The summed E-state index contributed by atoms with van der Waals surface area (Å²) in [5, 5.41) is 9.55. The third-order valence-corrected chi connectivity index (χ3v) is 8.59. The topological polar surface area (TPSA) is 63.6 Å². The first kappa shape index (κ1) is 30.9. The summed E-state index contributed by atoms with van der Waals surface area (Å²) >= 11 is 0. The van der Waals surface area contributed by atoms with E-state index in [1.165, 1.54) is 109 Å². The zero-order valence-corrected chi connectivity index (χ0v) is 23.4. The van der Waals surface area contributed by atoms with Gasteiger partial charge in [0, 0.05) is 0 Å². The molecule has 208 valence electrons. The molecule has 2 saturated carbocycles. The number of allylic oxidation sites excluding steroid dienone is 1. The molecule has 4 atom stereocenters. The highest BCUT2D eigenvalue weighted by atomic mass is 16.5. The largest absolute Gasteiger partial charge is 0.481 e. The molecule has 0 aromatic rings. The molecule has 0 amide bonds. The van der Waals surface area contributed by atoms with Gasteiger partial charge >= 0.3 is 11.9 Å². The molecule has 0 bridgehead atoms. The van der Waals surface area contributed by atoms with Gasteiger partial charge in [-0.05, 0) is 43.9 Å². The first-order chi connectivity index (χ1) is 17.6. The Morgan fingerprint density at radius 2 is 1.33 bits per heavy atom. The maximum atomic E-state index is 12.4. The van der Waals surface area contributed by atoms with Crippen LogP contribution in [0.4, 0.5) is 0 Å². The Bertz CT molecular complexity index is 613. The van der Waals surface area contributed by atoms with Crippen LogP contribution in [-0.2, 0) is 14.3 Å².